The summed E-state index contributed by atoms with van der Waals surface area (Å²) in [6, 6.07) is 23.8. The summed E-state index contributed by atoms with van der Waals surface area (Å²) in [5.74, 6) is -1.36. The van der Waals surface area contributed by atoms with Gasteiger partial charge in [0.2, 0.25) is 5.91 Å². The van der Waals surface area contributed by atoms with Crippen LogP contribution in [0.25, 0.3) is 0 Å². The van der Waals surface area contributed by atoms with Crippen molar-refractivity contribution >= 4 is 40.9 Å². The van der Waals surface area contributed by atoms with Crippen molar-refractivity contribution in [1.29, 1.82) is 5.26 Å². The number of anilines is 1. The molecule has 1 unspecified atom stereocenters. The first kappa shape index (κ1) is 23.6. The maximum atomic E-state index is 13.5. The Morgan fingerprint density at radius 2 is 1.74 bits per heavy atom. The normalized spacial score (nSPS) is 16.8. The average Bonchev–Trinajstić information content (AvgIpc) is 3.16. The smallest absolute Gasteiger partial charge is 0.264 e. The summed E-state index contributed by atoms with van der Waals surface area (Å²) in [7, 11) is 0. The standard InChI is InChI=1S/C26H19ClFN3O2S/c27-22-9-5-4-8-18(22)14-23-25(33)31(20-12-10-19(28)11-13-20)26(34-23)21(15-29)24(32)30-16-17-6-2-1-3-7-17/h1-13,23H,14,16H2,(H,30,32)/b26-21-. The van der Waals surface area contributed by atoms with Gasteiger partial charge in [0, 0.05) is 17.3 Å². The molecule has 1 aliphatic heterocycles. The predicted molar refractivity (Wildman–Crippen MR) is 131 cm³/mol. The number of carbonyl (C=O) groups is 2. The highest BCUT2D eigenvalue weighted by Crippen LogP contribution is 2.42. The van der Waals surface area contributed by atoms with Crippen LogP contribution in [0.3, 0.4) is 0 Å². The minimum atomic E-state index is -0.606. The molecule has 2 amide bonds. The van der Waals surface area contributed by atoms with Crippen LogP contribution >= 0.6 is 23.4 Å². The zero-order valence-corrected chi connectivity index (χ0v) is 19.4. The molecule has 1 fully saturated rings. The lowest BCUT2D eigenvalue weighted by molar-refractivity contribution is -0.117. The molecular formula is C26H19ClFN3O2S. The topological polar surface area (TPSA) is 73.2 Å². The molecule has 170 valence electrons. The molecule has 0 spiro atoms. The fraction of sp³-hybridized carbons (Fsp3) is 0.115. The van der Waals surface area contributed by atoms with E-state index in [0.717, 1.165) is 22.9 Å². The number of nitrogens with one attached hydrogen (secondary N) is 1. The van der Waals surface area contributed by atoms with E-state index in [2.05, 4.69) is 5.32 Å². The summed E-state index contributed by atoms with van der Waals surface area (Å²) in [5.41, 5.74) is 1.85. The second-order valence-electron chi connectivity index (χ2n) is 7.51. The van der Waals surface area contributed by atoms with E-state index in [9.17, 15) is 19.2 Å². The van der Waals surface area contributed by atoms with E-state index in [1.54, 1.807) is 12.1 Å². The SMILES string of the molecule is N#C/C(C(=O)NCc1ccccc1)=C1/SC(Cc2ccccc2Cl)C(=O)N1c1ccc(F)cc1. The second-order valence-corrected chi connectivity index (χ2v) is 9.11. The van der Waals surface area contributed by atoms with Gasteiger partial charge in [-0.25, -0.2) is 4.39 Å². The van der Waals surface area contributed by atoms with Crippen LogP contribution in [0.1, 0.15) is 11.1 Å². The maximum absolute atomic E-state index is 13.5. The van der Waals surface area contributed by atoms with Crippen LogP contribution in [0, 0.1) is 17.1 Å². The summed E-state index contributed by atoms with van der Waals surface area (Å²) >= 11 is 7.43. The molecular weight excluding hydrogens is 473 g/mol. The van der Waals surface area contributed by atoms with E-state index >= 15 is 0 Å². The molecule has 1 N–H and O–H groups in total. The number of nitriles is 1. The van der Waals surface area contributed by atoms with Crippen molar-refractivity contribution in [2.45, 2.75) is 18.2 Å². The second kappa shape index (κ2) is 10.6. The number of nitrogens with zero attached hydrogens (tertiary/aromatic N) is 2. The van der Waals surface area contributed by atoms with E-state index in [-0.39, 0.29) is 23.1 Å². The summed E-state index contributed by atoms with van der Waals surface area (Å²) in [6.45, 7) is 0.232. The number of hydrogen-bond acceptors (Lipinski definition) is 4. The third-order valence-corrected chi connectivity index (χ3v) is 6.88. The van der Waals surface area contributed by atoms with Gasteiger partial charge in [0.15, 0.2) is 0 Å². The zero-order valence-electron chi connectivity index (χ0n) is 17.9. The monoisotopic (exact) mass is 491 g/mol. The van der Waals surface area contributed by atoms with Crippen molar-refractivity contribution in [2.75, 3.05) is 4.90 Å². The number of halogens is 2. The van der Waals surface area contributed by atoms with Gasteiger partial charge < -0.3 is 5.32 Å². The number of thioether (sulfide) groups is 1. The third kappa shape index (κ3) is 5.14. The Bertz CT molecular complexity index is 1290. The highest BCUT2D eigenvalue weighted by atomic mass is 35.5. The number of rotatable bonds is 6. The van der Waals surface area contributed by atoms with Gasteiger partial charge in [-0.2, -0.15) is 5.26 Å². The molecule has 1 aliphatic rings. The Morgan fingerprint density at radius 1 is 1.06 bits per heavy atom. The maximum Gasteiger partial charge on any atom is 0.264 e. The molecule has 34 heavy (non-hydrogen) atoms. The minimum absolute atomic E-state index is 0.180. The lowest BCUT2D eigenvalue weighted by Gasteiger charge is -2.18. The minimum Gasteiger partial charge on any atom is -0.347 e. The van der Waals surface area contributed by atoms with Gasteiger partial charge in [0.1, 0.15) is 22.5 Å². The van der Waals surface area contributed by atoms with Crippen LogP contribution < -0.4 is 10.2 Å². The fourth-order valence-electron chi connectivity index (χ4n) is 3.54. The number of carbonyl (C=O) groups excluding carboxylic acids is 2. The Hall–Kier alpha value is -3.60. The van der Waals surface area contributed by atoms with Gasteiger partial charge in [-0.15, -0.1) is 0 Å². The zero-order chi connectivity index (χ0) is 24.1. The largest absolute Gasteiger partial charge is 0.347 e. The fourth-order valence-corrected chi connectivity index (χ4v) is 5.05. The molecule has 0 aliphatic carbocycles. The molecule has 1 atom stereocenters. The molecule has 0 saturated carbocycles. The highest BCUT2D eigenvalue weighted by Gasteiger charge is 2.41. The van der Waals surface area contributed by atoms with Gasteiger partial charge in [0.25, 0.3) is 5.91 Å². The Balaban J connectivity index is 1.68. The van der Waals surface area contributed by atoms with Crippen LogP contribution in [0.2, 0.25) is 5.02 Å². The van der Waals surface area contributed by atoms with Gasteiger partial charge in [-0.1, -0.05) is 71.9 Å². The summed E-state index contributed by atoms with van der Waals surface area (Å²) in [6.07, 6.45) is 0.314. The number of benzene rings is 3. The average molecular weight is 492 g/mol. The molecule has 5 nitrogen and oxygen atoms in total. The van der Waals surface area contributed by atoms with Crippen LogP contribution in [-0.4, -0.2) is 17.1 Å². The van der Waals surface area contributed by atoms with E-state index in [4.69, 9.17) is 11.6 Å². The summed E-state index contributed by atoms with van der Waals surface area (Å²) < 4.78 is 13.5. The molecule has 0 radical (unpaired) electrons. The van der Waals surface area contributed by atoms with Crippen molar-refractivity contribution in [3.05, 3.63) is 111 Å². The Labute approximate surface area is 205 Å². The van der Waals surface area contributed by atoms with E-state index in [0.29, 0.717) is 17.1 Å². The summed E-state index contributed by atoms with van der Waals surface area (Å²) in [4.78, 5) is 27.7. The van der Waals surface area contributed by atoms with E-state index in [1.165, 1.54) is 29.2 Å². The van der Waals surface area contributed by atoms with Crippen molar-refractivity contribution in [2.24, 2.45) is 0 Å². The van der Waals surface area contributed by atoms with Crippen molar-refractivity contribution < 1.29 is 14.0 Å². The number of amides is 2. The molecule has 1 saturated heterocycles. The van der Waals surface area contributed by atoms with Crippen LogP contribution in [0.4, 0.5) is 10.1 Å². The predicted octanol–water partition coefficient (Wildman–Crippen LogP) is 5.22. The molecule has 8 heteroatoms. The lowest BCUT2D eigenvalue weighted by atomic mass is 10.1. The van der Waals surface area contributed by atoms with Crippen LogP contribution in [0.15, 0.2) is 89.5 Å². The van der Waals surface area contributed by atoms with Crippen LogP contribution in [-0.2, 0) is 22.6 Å². The quantitative estimate of drug-likeness (QED) is 0.379. The lowest BCUT2D eigenvalue weighted by Crippen LogP contribution is -2.32. The van der Waals surface area contributed by atoms with Gasteiger partial charge in [-0.3, -0.25) is 14.5 Å². The molecule has 3 aromatic rings. The number of hydrogen-bond donors (Lipinski definition) is 1. The van der Waals surface area contributed by atoms with Crippen LogP contribution in [0.5, 0.6) is 0 Å². The Kier molecular flexibility index (Phi) is 7.31. The van der Waals surface area contributed by atoms with E-state index < -0.39 is 17.0 Å². The summed E-state index contributed by atoms with van der Waals surface area (Å²) in [5, 5.41) is 12.7. The van der Waals surface area contributed by atoms with E-state index in [1.807, 2.05) is 48.5 Å². The highest BCUT2D eigenvalue weighted by molar-refractivity contribution is 8.05. The molecule has 3 aromatic carbocycles. The first-order chi connectivity index (χ1) is 16.5. The molecule has 4 rings (SSSR count). The first-order valence-corrected chi connectivity index (χ1v) is 11.7. The molecule has 1 heterocycles. The molecule has 0 aromatic heterocycles. The van der Waals surface area contributed by atoms with Gasteiger partial charge in [0.05, 0.1) is 5.25 Å². The van der Waals surface area contributed by atoms with Gasteiger partial charge >= 0.3 is 0 Å². The first-order valence-electron chi connectivity index (χ1n) is 10.4. The van der Waals surface area contributed by atoms with Crippen molar-refractivity contribution in [1.82, 2.24) is 5.32 Å². The van der Waals surface area contributed by atoms with Gasteiger partial charge in [-0.05, 0) is 47.9 Å². The Morgan fingerprint density at radius 3 is 2.41 bits per heavy atom. The third-order valence-electron chi connectivity index (χ3n) is 5.25. The molecule has 0 bridgehead atoms. The van der Waals surface area contributed by atoms with Crippen molar-refractivity contribution in [3.63, 3.8) is 0 Å². The van der Waals surface area contributed by atoms with Crippen molar-refractivity contribution in [3.8, 4) is 6.07 Å².